The Morgan fingerprint density at radius 2 is 2.40 bits per heavy atom. The molecule has 1 aliphatic heterocycles. The van der Waals surface area contributed by atoms with Crippen molar-refractivity contribution >= 4 is 0 Å². The zero-order chi connectivity index (χ0) is 13.9. The van der Waals surface area contributed by atoms with E-state index in [9.17, 15) is 5.11 Å². The molecule has 0 bridgehead atoms. The number of hydrogen-bond acceptors (Lipinski definition) is 6. The van der Waals surface area contributed by atoms with Crippen molar-refractivity contribution in [3.63, 3.8) is 0 Å². The molecule has 3 rings (SSSR count). The van der Waals surface area contributed by atoms with Crippen LogP contribution in [-0.4, -0.2) is 34.9 Å². The van der Waals surface area contributed by atoms with Crippen molar-refractivity contribution in [1.82, 2.24) is 15.5 Å². The van der Waals surface area contributed by atoms with Gasteiger partial charge in [-0.3, -0.25) is 0 Å². The van der Waals surface area contributed by atoms with E-state index in [1.54, 1.807) is 18.2 Å². The van der Waals surface area contributed by atoms with Gasteiger partial charge in [0.25, 0.3) is 0 Å². The second kappa shape index (κ2) is 5.50. The Hall–Kier alpha value is -2.08. The highest BCUT2D eigenvalue weighted by molar-refractivity contribution is 5.60. The minimum atomic E-state index is 0.0927. The standard InChI is InChI=1S/C14H17N3O3/c1-19-12-7-9(4-5-11(12)18)14-16-13(20-17-14)8-10-3-2-6-15-10/h4-5,7,10,15,18H,2-3,6,8H2,1H3. The molecule has 6 heteroatoms. The van der Waals surface area contributed by atoms with Gasteiger partial charge in [-0.25, -0.2) is 0 Å². The van der Waals surface area contributed by atoms with Gasteiger partial charge in [-0.05, 0) is 37.6 Å². The van der Waals surface area contributed by atoms with E-state index in [1.807, 2.05) is 0 Å². The third-order valence-corrected chi connectivity index (χ3v) is 3.49. The lowest BCUT2D eigenvalue weighted by Gasteiger charge is -2.05. The van der Waals surface area contributed by atoms with Crippen LogP contribution in [0, 0.1) is 0 Å². The van der Waals surface area contributed by atoms with Crippen LogP contribution in [0.3, 0.4) is 0 Å². The summed E-state index contributed by atoms with van der Waals surface area (Å²) in [6.45, 7) is 1.06. The van der Waals surface area contributed by atoms with Gasteiger partial charge in [0.15, 0.2) is 11.5 Å². The first-order valence-electron chi connectivity index (χ1n) is 6.69. The fourth-order valence-corrected chi connectivity index (χ4v) is 2.41. The van der Waals surface area contributed by atoms with Crippen molar-refractivity contribution in [2.75, 3.05) is 13.7 Å². The van der Waals surface area contributed by atoms with Gasteiger partial charge in [-0.1, -0.05) is 5.16 Å². The summed E-state index contributed by atoms with van der Waals surface area (Å²) in [5.41, 5.74) is 0.758. The third-order valence-electron chi connectivity index (χ3n) is 3.49. The van der Waals surface area contributed by atoms with Crippen molar-refractivity contribution in [2.45, 2.75) is 25.3 Å². The summed E-state index contributed by atoms with van der Waals surface area (Å²) < 4.78 is 10.4. The Bertz CT molecular complexity index is 591. The maximum atomic E-state index is 9.58. The van der Waals surface area contributed by atoms with E-state index < -0.39 is 0 Å². The van der Waals surface area contributed by atoms with E-state index in [-0.39, 0.29) is 5.75 Å². The average Bonchev–Trinajstić information content (AvgIpc) is 3.12. The van der Waals surface area contributed by atoms with Gasteiger partial charge < -0.3 is 19.7 Å². The molecule has 1 aliphatic rings. The second-order valence-corrected chi connectivity index (χ2v) is 4.90. The monoisotopic (exact) mass is 275 g/mol. The van der Waals surface area contributed by atoms with E-state index >= 15 is 0 Å². The molecule has 1 fully saturated rings. The van der Waals surface area contributed by atoms with Crippen molar-refractivity contribution in [3.8, 4) is 22.9 Å². The summed E-state index contributed by atoms with van der Waals surface area (Å²) in [6, 6.07) is 5.42. The average molecular weight is 275 g/mol. The Morgan fingerprint density at radius 1 is 1.50 bits per heavy atom. The first-order valence-corrected chi connectivity index (χ1v) is 6.69. The van der Waals surface area contributed by atoms with Crippen LogP contribution in [-0.2, 0) is 6.42 Å². The molecule has 0 saturated carbocycles. The molecule has 0 aliphatic carbocycles. The first kappa shape index (κ1) is 12.9. The molecule has 1 saturated heterocycles. The number of hydrogen-bond donors (Lipinski definition) is 2. The molecule has 1 atom stereocenters. The van der Waals surface area contributed by atoms with Gasteiger partial charge in [0.2, 0.25) is 11.7 Å². The zero-order valence-corrected chi connectivity index (χ0v) is 11.3. The van der Waals surface area contributed by atoms with E-state index in [1.165, 1.54) is 13.5 Å². The minimum Gasteiger partial charge on any atom is -0.504 e. The van der Waals surface area contributed by atoms with Gasteiger partial charge in [0.1, 0.15) is 0 Å². The fourth-order valence-electron chi connectivity index (χ4n) is 2.41. The molecule has 2 aromatic rings. The highest BCUT2D eigenvalue weighted by Gasteiger charge is 2.18. The van der Waals surface area contributed by atoms with Crippen LogP contribution in [0.4, 0.5) is 0 Å². The lowest BCUT2D eigenvalue weighted by atomic mass is 10.1. The molecule has 6 nitrogen and oxygen atoms in total. The van der Waals surface area contributed by atoms with Gasteiger partial charge in [0.05, 0.1) is 7.11 Å². The van der Waals surface area contributed by atoms with Gasteiger partial charge in [0, 0.05) is 18.0 Å². The molecule has 20 heavy (non-hydrogen) atoms. The summed E-state index contributed by atoms with van der Waals surface area (Å²) in [7, 11) is 1.51. The van der Waals surface area contributed by atoms with Crippen LogP contribution < -0.4 is 10.1 Å². The summed E-state index contributed by atoms with van der Waals surface area (Å²) in [5.74, 6) is 1.63. The summed E-state index contributed by atoms with van der Waals surface area (Å²) in [6.07, 6.45) is 3.09. The third kappa shape index (κ3) is 2.60. The maximum Gasteiger partial charge on any atom is 0.228 e. The molecule has 0 radical (unpaired) electrons. The van der Waals surface area contributed by atoms with Crippen LogP contribution in [0.2, 0.25) is 0 Å². The molecule has 106 valence electrons. The quantitative estimate of drug-likeness (QED) is 0.884. The lowest BCUT2D eigenvalue weighted by Crippen LogP contribution is -2.23. The molecule has 0 spiro atoms. The lowest BCUT2D eigenvalue weighted by molar-refractivity contribution is 0.364. The predicted molar refractivity (Wildman–Crippen MR) is 72.7 cm³/mol. The van der Waals surface area contributed by atoms with Gasteiger partial charge >= 0.3 is 0 Å². The molecular weight excluding hydrogens is 258 g/mol. The summed E-state index contributed by atoms with van der Waals surface area (Å²) in [5, 5.41) is 17.0. The number of methoxy groups -OCH3 is 1. The molecule has 1 aromatic carbocycles. The van der Waals surface area contributed by atoms with Crippen molar-refractivity contribution in [3.05, 3.63) is 24.1 Å². The van der Waals surface area contributed by atoms with Crippen LogP contribution in [0.5, 0.6) is 11.5 Å². The fraction of sp³-hybridized carbons (Fsp3) is 0.429. The number of aromatic hydroxyl groups is 1. The zero-order valence-electron chi connectivity index (χ0n) is 11.3. The molecule has 1 unspecified atom stereocenters. The Morgan fingerprint density at radius 3 is 3.15 bits per heavy atom. The van der Waals surface area contributed by atoms with E-state index in [4.69, 9.17) is 9.26 Å². The number of ether oxygens (including phenoxy) is 1. The van der Waals surface area contributed by atoms with Crippen molar-refractivity contribution in [2.24, 2.45) is 0 Å². The number of phenols is 1. The maximum absolute atomic E-state index is 9.58. The SMILES string of the molecule is COc1cc(-c2noc(CC3CCCN3)n2)ccc1O. The normalized spacial score (nSPS) is 18.4. The van der Waals surface area contributed by atoms with Gasteiger partial charge in [-0.15, -0.1) is 0 Å². The Kier molecular flexibility index (Phi) is 3.56. The number of phenolic OH excluding ortho intramolecular Hbond substituents is 1. The largest absolute Gasteiger partial charge is 0.504 e. The predicted octanol–water partition coefficient (Wildman–Crippen LogP) is 1.75. The Balaban J connectivity index is 1.78. The van der Waals surface area contributed by atoms with E-state index in [0.29, 0.717) is 23.5 Å². The highest BCUT2D eigenvalue weighted by Crippen LogP contribution is 2.30. The highest BCUT2D eigenvalue weighted by atomic mass is 16.5. The summed E-state index contributed by atoms with van der Waals surface area (Å²) in [4.78, 5) is 4.39. The minimum absolute atomic E-state index is 0.0927. The smallest absolute Gasteiger partial charge is 0.228 e. The first-order chi connectivity index (χ1) is 9.76. The molecular formula is C14H17N3O3. The number of benzene rings is 1. The molecule has 2 heterocycles. The van der Waals surface area contributed by atoms with Crippen LogP contribution >= 0.6 is 0 Å². The van der Waals surface area contributed by atoms with Crippen LogP contribution in [0.1, 0.15) is 18.7 Å². The number of rotatable bonds is 4. The van der Waals surface area contributed by atoms with Crippen molar-refractivity contribution in [1.29, 1.82) is 0 Å². The van der Waals surface area contributed by atoms with Crippen LogP contribution in [0.15, 0.2) is 22.7 Å². The Labute approximate surface area is 116 Å². The molecule has 1 aromatic heterocycles. The van der Waals surface area contributed by atoms with E-state index in [0.717, 1.165) is 24.9 Å². The van der Waals surface area contributed by atoms with E-state index in [2.05, 4.69) is 15.5 Å². The second-order valence-electron chi connectivity index (χ2n) is 4.90. The van der Waals surface area contributed by atoms with Crippen molar-refractivity contribution < 1.29 is 14.4 Å². The number of nitrogens with zero attached hydrogens (tertiary/aromatic N) is 2. The number of aromatic nitrogens is 2. The summed E-state index contributed by atoms with van der Waals surface area (Å²) >= 11 is 0. The van der Waals surface area contributed by atoms with Gasteiger partial charge in [-0.2, -0.15) is 4.98 Å². The topological polar surface area (TPSA) is 80.4 Å². The molecule has 2 N–H and O–H groups in total. The van der Waals surface area contributed by atoms with Crippen LogP contribution in [0.25, 0.3) is 11.4 Å². The molecule has 0 amide bonds. The number of nitrogens with one attached hydrogen (secondary N) is 1.